The molecule has 1 amide bonds. The van der Waals surface area contributed by atoms with Crippen LogP contribution in [0.2, 0.25) is 0 Å². The molecule has 1 fully saturated rings. The lowest BCUT2D eigenvalue weighted by Crippen LogP contribution is -2.43. The average molecular weight is 365 g/mol. The van der Waals surface area contributed by atoms with Gasteiger partial charge in [0, 0.05) is 19.2 Å². The molecule has 0 bridgehead atoms. The van der Waals surface area contributed by atoms with Crippen molar-refractivity contribution >= 4 is 25.8 Å². The van der Waals surface area contributed by atoms with E-state index in [0.29, 0.717) is 12.2 Å². The number of hydrogen-bond donors (Lipinski definition) is 1. The minimum Gasteiger partial charge on any atom is -0.361 e. The first-order chi connectivity index (χ1) is 10.6. The lowest BCUT2D eigenvalue weighted by atomic mass is 10.2. The summed E-state index contributed by atoms with van der Waals surface area (Å²) in [5.41, 5.74) is 0.261. The molecule has 0 unspecified atom stereocenters. The van der Waals surface area contributed by atoms with Gasteiger partial charge < -0.3 is 9.84 Å². The fraction of sp³-hybridized carbons (Fsp3) is 0.667. The van der Waals surface area contributed by atoms with Gasteiger partial charge in [0.25, 0.3) is 0 Å². The van der Waals surface area contributed by atoms with Crippen molar-refractivity contribution < 1.29 is 26.2 Å². The van der Waals surface area contributed by atoms with E-state index in [1.807, 2.05) is 0 Å². The summed E-state index contributed by atoms with van der Waals surface area (Å²) in [6, 6.07) is 1.05. The summed E-state index contributed by atoms with van der Waals surface area (Å²) in [5, 5.41) is 6.16. The van der Waals surface area contributed by atoms with E-state index in [1.165, 1.54) is 13.1 Å². The molecule has 0 aromatic carbocycles. The largest absolute Gasteiger partial charge is 0.361 e. The Morgan fingerprint density at radius 2 is 2.22 bits per heavy atom. The maximum Gasteiger partial charge on any atom is 0.235 e. The molecule has 0 radical (unpaired) electrons. The Hall–Kier alpha value is -1.46. The second kappa shape index (κ2) is 6.57. The van der Waals surface area contributed by atoms with Crippen LogP contribution in [0.4, 0.5) is 0 Å². The fourth-order valence-electron chi connectivity index (χ4n) is 2.27. The minimum atomic E-state index is -3.72. The number of amides is 1. The molecule has 1 aliphatic heterocycles. The van der Waals surface area contributed by atoms with Gasteiger partial charge in [-0.1, -0.05) is 5.16 Å². The highest BCUT2D eigenvalue weighted by Crippen LogP contribution is 2.12. The van der Waals surface area contributed by atoms with Gasteiger partial charge in [-0.2, -0.15) is 4.31 Å². The zero-order valence-electron chi connectivity index (χ0n) is 12.9. The number of rotatable bonds is 6. The number of aromatic nitrogens is 1. The number of carbonyl (C=O) groups excluding carboxylic acids is 1. The second-order valence-electron chi connectivity index (χ2n) is 5.61. The predicted molar refractivity (Wildman–Crippen MR) is 81.7 cm³/mol. The Morgan fingerprint density at radius 3 is 2.74 bits per heavy atom. The Labute approximate surface area is 135 Å². The summed E-state index contributed by atoms with van der Waals surface area (Å²) in [5.74, 6) is -0.468. The van der Waals surface area contributed by atoms with Crippen molar-refractivity contribution in [1.82, 2.24) is 14.8 Å². The molecule has 2 rings (SSSR count). The van der Waals surface area contributed by atoms with Crippen molar-refractivity contribution in [3.63, 3.8) is 0 Å². The maximum atomic E-state index is 12.2. The fourth-order valence-corrected chi connectivity index (χ4v) is 4.98. The van der Waals surface area contributed by atoms with Crippen molar-refractivity contribution in [1.29, 1.82) is 0 Å². The predicted octanol–water partition coefficient (Wildman–Crippen LogP) is -0.952. The van der Waals surface area contributed by atoms with E-state index in [-0.39, 0.29) is 29.5 Å². The number of likely N-dealkylation sites (N-methyl/N-ethyl adjacent to an activating group) is 1. The van der Waals surface area contributed by atoms with Crippen LogP contribution in [-0.2, 0) is 30.4 Å². The molecule has 0 saturated carbocycles. The molecule has 130 valence electrons. The van der Waals surface area contributed by atoms with Gasteiger partial charge in [-0.15, -0.1) is 0 Å². The van der Waals surface area contributed by atoms with Gasteiger partial charge in [0.1, 0.15) is 17.2 Å². The van der Waals surface area contributed by atoms with E-state index in [9.17, 15) is 21.6 Å². The number of nitrogens with one attached hydrogen (secondary N) is 1. The third kappa shape index (κ3) is 5.01. The summed E-state index contributed by atoms with van der Waals surface area (Å²) in [6.45, 7) is 1.27. The quantitative estimate of drug-likeness (QED) is 0.688. The number of hydrogen-bond acceptors (Lipinski definition) is 7. The number of sulfonamides is 1. The zero-order chi connectivity index (χ0) is 17.3. The summed E-state index contributed by atoms with van der Waals surface area (Å²) >= 11 is 0. The molecule has 11 heteroatoms. The van der Waals surface area contributed by atoms with Crippen LogP contribution in [-0.4, -0.2) is 63.3 Å². The molecule has 9 nitrogen and oxygen atoms in total. The summed E-state index contributed by atoms with van der Waals surface area (Å²) < 4.78 is 52.7. The highest BCUT2D eigenvalue weighted by molar-refractivity contribution is 7.91. The van der Waals surface area contributed by atoms with Crippen LogP contribution in [0, 0.1) is 6.92 Å². The highest BCUT2D eigenvalue weighted by Gasteiger charge is 2.30. The smallest absolute Gasteiger partial charge is 0.235 e. The van der Waals surface area contributed by atoms with Crippen LogP contribution < -0.4 is 5.32 Å². The minimum absolute atomic E-state index is 0.0393. The van der Waals surface area contributed by atoms with E-state index < -0.39 is 31.8 Å². The summed E-state index contributed by atoms with van der Waals surface area (Å²) in [7, 11) is -5.54. The van der Waals surface area contributed by atoms with Gasteiger partial charge in [-0.3, -0.25) is 4.79 Å². The molecule has 0 spiro atoms. The van der Waals surface area contributed by atoms with E-state index in [0.717, 1.165) is 4.31 Å². The van der Waals surface area contributed by atoms with E-state index in [2.05, 4.69) is 10.5 Å². The van der Waals surface area contributed by atoms with Crippen molar-refractivity contribution in [2.75, 3.05) is 25.1 Å². The normalized spacial score (nSPS) is 20.7. The Balaban J connectivity index is 1.89. The van der Waals surface area contributed by atoms with Crippen LogP contribution >= 0.6 is 0 Å². The first kappa shape index (κ1) is 17.9. The molecule has 1 aromatic rings. The number of nitrogens with zero attached hydrogens (tertiary/aromatic N) is 2. The molecule has 1 saturated heterocycles. The lowest BCUT2D eigenvalue weighted by molar-refractivity contribution is -0.121. The van der Waals surface area contributed by atoms with Crippen molar-refractivity contribution in [3.05, 3.63) is 17.5 Å². The molecule has 1 aliphatic rings. The second-order valence-corrected chi connectivity index (χ2v) is 9.91. The van der Waals surface area contributed by atoms with Crippen LogP contribution in [0.5, 0.6) is 0 Å². The third-order valence-corrected chi connectivity index (χ3v) is 6.95. The van der Waals surface area contributed by atoms with Crippen molar-refractivity contribution in [2.45, 2.75) is 25.1 Å². The SMILES string of the molecule is Cc1cc(CS(=O)(=O)N(C)CC(=O)N[C@@H]2CCS(=O)(=O)C2)no1. The number of sulfone groups is 1. The average Bonchev–Trinajstić information content (AvgIpc) is 2.94. The zero-order valence-corrected chi connectivity index (χ0v) is 14.5. The molecule has 23 heavy (non-hydrogen) atoms. The van der Waals surface area contributed by atoms with Gasteiger partial charge in [-0.05, 0) is 13.3 Å². The molecule has 2 heterocycles. The Morgan fingerprint density at radius 1 is 1.52 bits per heavy atom. The molecule has 1 aromatic heterocycles. The Kier molecular flexibility index (Phi) is 5.11. The summed E-state index contributed by atoms with van der Waals surface area (Å²) in [6.07, 6.45) is 0.350. The van der Waals surface area contributed by atoms with Crippen LogP contribution in [0.1, 0.15) is 17.9 Å². The lowest BCUT2D eigenvalue weighted by Gasteiger charge is -2.17. The topological polar surface area (TPSA) is 127 Å². The van der Waals surface area contributed by atoms with Gasteiger partial charge in [-0.25, -0.2) is 16.8 Å². The standard InChI is InChI=1S/C12H19N3O6S2/c1-9-5-11(14-21-9)8-23(19,20)15(2)6-12(16)13-10-3-4-22(17,18)7-10/h5,10H,3-4,6-8H2,1-2H3,(H,13,16)/t10-/m1/s1. The Bertz CT molecular complexity index is 783. The summed E-state index contributed by atoms with van der Waals surface area (Å²) in [4.78, 5) is 11.9. The maximum absolute atomic E-state index is 12.2. The van der Waals surface area contributed by atoms with E-state index in [4.69, 9.17) is 4.52 Å². The third-order valence-electron chi connectivity index (χ3n) is 3.45. The van der Waals surface area contributed by atoms with E-state index in [1.54, 1.807) is 6.92 Å². The van der Waals surface area contributed by atoms with Crippen LogP contribution in [0.25, 0.3) is 0 Å². The molecule has 1 atom stereocenters. The first-order valence-electron chi connectivity index (χ1n) is 6.93. The van der Waals surface area contributed by atoms with Crippen LogP contribution in [0.15, 0.2) is 10.6 Å². The number of carbonyl (C=O) groups is 1. The van der Waals surface area contributed by atoms with Gasteiger partial charge in [0.05, 0.1) is 18.1 Å². The molecular weight excluding hydrogens is 346 g/mol. The van der Waals surface area contributed by atoms with Gasteiger partial charge in [0.2, 0.25) is 15.9 Å². The molecule has 1 N–H and O–H groups in total. The molecule has 0 aliphatic carbocycles. The van der Waals surface area contributed by atoms with Crippen molar-refractivity contribution in [2.24, 2.45) is 0 Å². The first-order valence-corrected chi connectivity index (χ1v) is 10.4. The van der Waals surface area contributed by atoms with Crippen LogP contribution in [0.3, 0.4) is 0 Å². The highest BCUT2D eigenvalue weighted by atomic mass is 32.2. The van der Waals surface area contributed by atoms with Crippen molar-refractivity contribution in [3.8, 4) is 0 Å². The number of aryl methyl sites for hydroxylation is 1. The van der Waals surface area contributed by atoms with E-state index >= 15 is 0 Å². The van der Waals surface area contributed by atoms with Gasteiger partial charge >= 0.3 is 0 Å². The molecular formula is C12H19N3O6S2. The van der Waals surface area contributed by atoms with Gasteiger partial charge in [0.15, 0.2) is 9.84 Å². The monoisotopic (exact) mass is 365 g/mol.